The lowest BCUT2D eigenvalue weighted by atomic mass is 10.2. The van der Waals surface area contributed by atoms with Crippen LogP contribution in [0.5, 0.6) is 0 Å². The zero-order valence-corrected chi connectivity index (χ0v) is 11.1. The summed E-state index contributed by atoms with van der Waals surface area (Å²) in [5, 5.41) is 17.1. The monoisotopic (exact) mass is 276 g/mol. The molecule has 0 saturated heterocycles. The van der Waals surface area contributed by atoms with Gasteiger partial charge in [0.2, 0.25) is 0 Å². The van der Waals surface area contributed by atoms with E-state index in [2.05, 4.69) is 5.10 Å². The highest BCUT2D eigenvalue weighted by Crippen LogP contribution is 2.37. The van der Waals surface area contributed by atoms with Crippen LogP contribution in [0.4, 0.5) is 0 Å². The Hall–Kier alpha value is -0.550. The third-order valence-electron chi connectivity index (χ3n) is 2.37. The third kappa shape index (κ3) is 1.86. The molecule has 0 spiro atoms. The first-order valence-corrected chi connectivity index (χ1v) is 6.25. The molecule has 1 N–H and O–H groups in total. The maximum atomic E-state index is 10.2. The summed E-state index contributed by atoms with van der Waals surface area (Å²) in [5.41, 5.74) is 1.52. The van der Waals surface area contributed by atoms with E-state index in [1.54, 1.807) is 11.7 Å². The fourth-order valence-electron chi connectivity index (χ4n) is 1.49. The van der Waals surface area contributed by atoms with Crippen molar-refractivity contribution >= 4 is 34.5 Å². The van der Waals surface area contributed by atoms with Gasteiger partial charge in [0, 0.05) is 7.05 Å². The van der Waals surface area contributed by atoms with Gasteiger partial charge < -0.3 is 5.11 Å². The van der Waals surface area contributed by atoms with Gasteiger partial charge in [-0.1, -0.05) is 23.2 Å². The van der Waals surface area contributed by atoms with Crippen LogP contribution in [0.3, 0.4) is 0 Å². The molecule has 0 bridgehead atoms. The van der Waals surface area contributed by atoms with Crippen LogP contribution in [0.15, 0.2) is 11.6 Å². The smallest absolute Gasteiger partial charge is 0.133 e. The van der Waals surface area contributed by atoms with Gasteiger partial charge in [-0.05, 0) is 17.9 Å². The van der Waals surface area contributed by atoms with Gasteiger partial charge in [0.15, 0.2) is 0 Å². The second-order valence-corrected chi connectivity index (χ2v) is 5.20. The molecule has 16 heavy (non-hydrogen) atoms. The van der Waals surface area contributed by atoms with Crippen LogP contribution in [0.2, 0.25) is 10.0 Å². The summed E-state index contributed by atoms with van der Waals surface area (Å²) in [7, 11) is 1.73. The van der Waals surface area contributed by atoms with Crippen LogP contribution >= 0.6 is 34.5 Å². The van der Waals surface area contributed by atoms with Crippen molar-refractivity contribution in [3.63, 3.8) is 0 Å². The summed E-state index contributed by atoms with van der Waals surface area (Å²) in [5.74, 6) is 0. The van der Waals surface area contributed by atoms with E-state index in [1.165, 1.54) is 17.5 Å². The van der Waals surface area contributed by atoms with Crippen LogP contribution in [0, 0.1) is 6.92 Å². The lowest BCUT2D eigenvalue weighted by molar-refractivity contribution is 0.213. The number of hydrogen-bond donors (Lipinski definition) is 1. The van der Waals surface area contributed by atoms with Gasteiger partial charge >= 0.3 is 0 Å². The van der Waals surface area contributed by atoms with Gasteiger partial charge in [-0.15, -0.1) is 11.3 Å². The molecule has 0 fully saturated rings. The number of aliphatic hydroxyl groups excluding tert-OH is 1. The van der Waals surface area contributed by atoms with E-state index in [4.69, 9.17) is 23.2 Å². The molecule has 0 amide bonds. The Morgan fingerprint density at radius 3 is 2.62 bits per heavy atom. The number of aryl methyl sites for hydroxylation is 2. The van der Waals surface area contributed by atoms with Crippen molar-refractivity contribution in [2.75, 3.05) is 0 Å². The Balaban J connectivity index is 2.47. The van der Waals surface area contributed by atoms with Gasteiger partial charge in [-0.2, -0.15) is 5.10 Å². The first kappa shape index (κ1) is 11.9. The van der Waals surface area contributed by atoms with E-state index < -0.39 is 6.10 Å². The summed E-state index contributed by atoms with van der Waals surface area (Å²) >= 11 is 13.5. The molecule has 2 heterocycles. The number of rotatable bonds is 2. The number of nitrogens with zero attached hydrogens (tertiary/aromatic N) is 2. The fourth-order valence-corrected chi connectivity index (χ4v) is 3.04. The van der Waals surface area contributed by atoms with Crippen LogP contribution in [0.1, 0.15) is 22.2 Å². The second-order valence-electron chi connectivity index (χ2n) is 3.50. The molecule has 0 aliphatic rings. The average Bonchev–Trinajstić information content (AvgIpc) is 2.73. The summed E-state index contributed by atoms with van der Waals surface area (Å²) in [6.45, 7) is 1.90. The molecule has 0 aliphatic carbocycles. The highest BCUT2D eigenvalue weighted by atomic mass is 35.5. The molecule has 0 aliphatic heterocycles. The van der Waals surface area contributed by atoms with Crippen molar-refractivity contribution in [3.8, 4) is 0 Å². The molecule has 3 nitrogen and oxygen atoms in total. The topological polar surface area (TPSA) is 38.1 Å². The Labute approximate surface area is 107 Å². The molecule has 1 atom stereocenters. The van der Waals surface area contributed by atoms with Gasteiger partial charge in [-0.3, -0.25) is 4.68 Å². The fraction of sp³-hybridized carbons (Fsp3) is 0.300. The number of halogens is 2. The minimum atomic E-state index is -0.828. The third-order valence-corrected chi connectivity index (χ3v) is 4.43. The number of aliphatic hydroxyl groups is 1. The SMILES string of the molecule is Cc1csc(C(O)c2c(Cl)cnn2C)c1Cl. The predicted molar refractivity (Wildman–Crippen MR) is 66.3 cm³/mol. The maximum Gasteiger partial charge on any atom is 0.133 e. The molecule has 2 aromatic heterocycles. The zero-order chi connectivity index (χ0) is 11.9. The highest BCUT2D eigenvalue weighted by molar-refractivity contribution is 7.10. The first-order valence-electron chi connectivity index (χ1n) is 4.61. The van der Waals surface area contributed by atoms with Crippen molar-refractivity contribution in [2.24, 2.45) is 7.05 Å². The Morgan fingerprint density at radius 2 is 2.19 bits per heavy atom. The van der Waals surface area contributed by atoms with Crippen molar-refractivity contribution < 1.29 is 5.11 Å². The Morgan fingerprint density at radius 1 is 1.50 bits per heavy atom. The molecule has 0 saturated carbocycles. The highest BCUT2D eigenvalue weighted by Gasteiger charge is 2.22. The summed E-state index contributed by atoms with van der Waals surface area (Å²) in [4.78, 5) is 0.699. The number of thiophene rings is 1. The predicted octanol–water partition coefficient (Wildman–Crippen LogP) is 3.18. The molecule has 2 rings (SSSR count). The van der Waals surface area contributed by atoms with Crippen LogP contribution in [-0.2, 0) is 7.05 Å². The summed E-state index contributed by atoms with van der Waals surface area (Å²) in [6.07, 6.45) is 0.681. The van der Waals surface area contributed by atoms with Crippen molar-refractivity contribution in [2.45, 2.75) is 13.0 Å². The van der Waals surface area contributed by atoms with Crippen LogP contribution in [0.25, 0.3) is 0 Å². The minimum absolute atomic E-state index is 0.442. The molecule has 1 unspecified atom stereocenters. The van der Waals surface area contributed by atoms with E-state index in [1.807, 2.05) is 12.3 Å². The normalized spacial score (nSPS) is 13.1. The molecule has 0 aromatic carbocycles. The largest absolute Gasteiger partial charge is 0.381 e. The molecular weight excluding hydrogens is 267 g/mol. The van der Waals surface area contributed by atoms with Crippen LogP contribution < -0.4 is 0 Å². The van der Waals surface area contributed by atoms with Crippen molar-refractivity contribution in [1.29, 1.82) is 0 Å². The van der Waals surface area contributed by atoms with Crippen molar-refractivity contribution in [3.05, 3.63) is 37.8 Å². The van der Waals surface area contributed by atoms with E-state index in [0.717, 1.165) is 5.56 Å². The first-order chi connectivity index (χ1) is 7.52. The molecule has 0 radical (unpaired) electrons. The van der Waals surface area contributed by atoms with Gasteiger partial charge in [0.25, 0.3) is 0 Å². The summed E-state index contributed by atoms with van der Waals surface area (Å²) in [6, 6.07) is 0. The van der Waals surface area contributed by atoms with Gasteiger partial charge in [-0.25, -0.2) is 0 Å². The molecule has 86 valence electrons. The quantitative estimate of drug-likeness (QED) is 0.915. The Bertz CT molecular complexity index is 501. The van der Waals surface area contributed by atoms with Crippen LogP contribution in [-0.4, -0.2) is 14.9 Å². The minimum Gasteiger partial charge on any atom is -0.381 e. The van der Waals surface area contributed by atoms with E-state index in [0.29, 0.717) is 20.6 Å². The zero-order valence-electron chi connectivity index (χ0n) is 8.74. The van der Waals surface area contributed by atoms with Gasteiger partial charge in [0.1, 0.15) is 6.10 Å². The van der Waals surface area contributed by atoms with E-state index in [-0.39, 0.29) is 0 Å². The maximum absolute atomic E-state index is 10.2. The van der Waals surface area contributed by atoms with Crippen molar-refractivity contribution in [1.82, 2.24) is 9.78 Å². The van der Waals surface area contributed by atoms with E-state index >= 15 is 0 Å². The van der Waals surface area contributed by atoms with E-state index in [9.17, 15) is 5.11 Å². The Kier molecular flexibility index (Phi) is 3.26. The lowest BCUT2D eigenvalue weighted by Crippen LogP contribution is -2.06. The summed E-state index contributed by atoms with van der Waals surface area (Å²) < 4.78 is 1.55. The number of hydrogen-bond acceptors (Lipinski definition) is 3. The molecular formula is C10H10Cl2N2OS. The number of aromatic nitrogens is 2. The second kappa shape index (κ2) is 4.37. The standard InChI is InChI=1S/C10H10Cl2N2OS/c1-5-4-16-10(7(5)12)9(15)8-6(11)3-13-14(8)2/h3-4,9,15H,1-2H3. The molecule has 6 heteroatoms. The van der Waals surface area contributed by atoms with Gasteiger partial charge in [0.05, 0.1) is 26.8 Å². The molecule has 2 aromatic rings. The lowest BCUT2D eigenvalue weighted by Gasteiger charge is -2.10. The average molecular weight is 277 g/mol.